The summed E-state index contributed by atoms with van der Waals surface area (Å²) in [7, 11) is 0. The van der Waals surface area contributed by atoms with Gasteiger partial charge in [-0.05, 0) is 74.2 Å². The minimum Gasteiger partial charge on any atom is -0.305 e. The second-order valence-electron chi connectivity index (χ2n) is 4.68. The van der Waals surface area contributed by atoms with Crippen LogP contribution in [0.2, 0.25) is 0 Å². The van der Waals surface area contributed by atoms with Gasteiger partial charge in [0, 0.05) is 15.4 Å². The molecule has 0 aromatic carbocycles. The second kappa shape index (κ2) is 7.05. The fourth-order valence-corrected chi connectivity index (χ4v) is 4.75. The number of hydrogen-bond donors (Lipinski definition) is 1. The molecule has 7 heteroatoms. The van der Waals surface area contributed by atoms with Gasteiger partial charge in [0.15, 0.2) is 0 Å². The zero-order valence-electron chi connectivity index (χ0n) is 11.5. The molecule has 0 saturated heterocycles. The molecule has 0 aliphatic heterocycles. The molecule has 110 valence electrons. The maximum Gasteiger partial charge on any atom is 0.0854 e. The van der Waals surface area contributed by atoms with Crippen molar-refractivity contribution in [2.75, 3.05) is 6.54 Å². The fourth-order valence-electron chi connectivity index (χ4n) is 2.07. The van der Waals surface area contributed by atoms with Crippen LogP contribution in [-0.2, 0) is 0 Å². The number of hydrogen-bond acceptors (Lipinski definition) is 3. The zero-order valence-corrected chi connectivity index (χ0v) is 17.0. The van der Waals surface area contributed by atoms with Crippen molar-refractivity contribution in [3.63, 3.8) is 0 Å². The van der Waals surface area contributed by atoms with Crippen LogP contribution in [-0.4, -0.2) is 16.3 Å². The van der Waals surface area contributed by atoms with E-state index in [1.165, 1.54) is 10.6 Å². The van der Waals surface area contributed by atoms with Crippen molar-refractivity contribution >= 4 is 59.1 Å². The lowest BCUT2D eigenvalue weighted by Crippen LogP contribution is -2.25. The Morgan fingerprint density at radius 1 is 1.30 bits per heavy atom. The highest BCUT2D eigenvalue weighted by molar-refractivity contribution is 9.13. The Balaban J connectivity index is 2.51. The molecule has 20 heavy (non-hydrogen) atoms. The summed E-state index contributed by atoms with van der Waals surface area (Å²) in [5, 5.41) is 8.04. The normalized spacial score (nSPS) is 13.2. The van der Waals surface area contributed by atoms with E-state index in [4.69, 9.17) is 0 Å². The lowest BCUT2D eigenvalue weighted by Gasteiger charge is -2.21. The molecule has 3 nitrogen and oxygen atoms in total. The maximum absolute atomic E-state index is 4.48. The SMILES string of the molecule is CCNC(c1cc(Br)c(Br)s1)c1c(Br)cnn1C(C)C. The van der Waals surface area contributed by atoms with E-state index in [2.05, 4.69) is 89.7 Å². The lowest BCUT2D eigenvalue weighted by atomic mass is 10.1. The van der Waals surface area contributed by atoms with Crippen LogP contribution in [0.25, 0.3) is 0 Å². The number of halogens is 3. The summed E-state index contributed by atoms with van der Waals surface area (Å²) in [5.74, 6) is 0. The minimum atomic E-state index is 0.131. The van der Waals surface area contributed by atoms with Gasteiger partial charge in [-0.3, -0.25) is 4.68 Å². The van der Waals surface area contributed by atoms with Crippen LogP contribution in [0.15, 0.2) is 25.0 Å². The van der Waals surface area contributed by atoms with E-state index in [1.807, 2.05) is 6.20 Å². The van der Waals surface area contributed by atoms with Crippen molar-refractivity contribution < 1.29 is 0 Å². The zero-order chi connectivity index (χ0) is 14.9. The minimum absolute atomic E-state index is 0.131. The molecular formula is C13H16Br3N3S. The molecule has 0 aliphatic carbocycles. The first-order valence-corrected chi connectivity index (χ1v) is 9.56. The smallest absolute Gasteiger partial charge is 0.0854 e. The summed E-state index contributed by atoms with van der Waals surface area (Å²) in [5.41, 5.74) is 1.17. The number of nitrogens with zero attached hydrogens (tertiary/aromatic N) is 2. The van der Waals surface area contributed by atoms with Crippen molar-refractivity contribution in [2.45, 2.75) is 32.9 Å². The van der Waals surface area contributed by atoms with Crippen LogP contribution in [0.3, 0.4) is 0 Å². The average molecular weight is 486 g/mol. The van der Waals surface area contributed by atoms with Gasteiger partial charge in [-0.1, -0.05) is 6.92 Å². The van der Waals surface area contributed by atoms with Gasteiger partial charge in [0.05, 0.1) is 26.2 Å². The monoisotopic (exact) mass is 483 g/mol. The number of thiophene rings is 1. The highest BCUT2D eigenvalue weighted by Crippen LogP contribution is 2.39. The first-order valence-electron chi connectivity index (χ1n) is 6.36. The highest BCUT2D eigenvalue weighted by atomic mass is 79.9. The van der Waals surface area contributed by atoms with Gasteiger partial charge in [0.2, 0.25) is 0 Å². The largest absolute Gasteiger partial charge is 0.305 e. The van der Waals surface area contributed by atoms with Gasteiger partial charge in [-0.25, -0.2) is 0 Å². The molecule has 1 atom stereocenters. The van der Waals surface area contributed by atoms with Crippen LogP contribution in [0.4, 0.5) is 0 Å². The molecule has 0 saturated carbocycles. The van der Waals surface area contributed by atoms with Gasteiger partial charge < -0.3 is 5.32 Å². The molecule has 1 unspecified atom stereocenters. The van der Waals surface area contributed by atoms with Gasteiger partial charge in [0.1, 0.15) is 0 Å². The molecule has 0 radical (unpaired) electrons. The molecule has 0 aliphatic rings. The van der Waals surface area contributed by atoms with Crippen molar-refractivity contribution in [1.29, 1.82) is 0 Å². The van der Waals surface area contributed by atoms with Gasteiger partial charge in [0.25, 0.3) is 0 Å². The summed E-state index contributed by atoms with van der Waals surface area (Å²) in [6.45, 7) is 7.31. The first kappa shape index (κ1) is 16.7. The van der Waals surface area contributed by atoms with E-state index in [0.29, 0.717) is 6.04 Å². The Hall–Kier alpha value is 0.310. The molecule has 2 aromatic heterocycles. The highest BCUT2D eigenvalue weighted by Gasteiger charge is 2.24. The quantitative estimate of drug-likeness (QED) is 0.605. The van der Waals surface area contributed by atoms with E-state index in [-0.39, 0.29) is 6.04 Å². The number of aromatic nitrogens is 2. The Bertz CT molecular complexity index is 572. The Kier molecular flexibility index (Phi) is 5.88. The van der Waals surface area contributed by atoms with Gasteiger partial charge >= 0.3 is 0 Å². The third-order valence-electron chi connectivity index (χ3n) is 2.91. The number of rotatable bonds is 5. The van der Waals surface area contributed by atoms with Gasteiger partial charge in [-0.2, -0.15) is 5.10 Å². The third kappa shape index (κ3) is 3.38. The fraction of sp³-hybridized carbons (Fsp3) is 0.462. The van der Waals surface area contributed by atoms with E-state index in [0.717, 1.165) is 19.3 Å². The third-order valence-corrected chi connectivity index (χ3v) is 6.84. The molecule has 2 heterocycles. The Morgan fingerprint density at radius 3 is 2.50 bits per heavy atom. The van der Waals surface area contributed by atoms with Crippen molar-refractivity contribution in [1.82, 2.24) is 15.1 Å². The maximum atomic E-state index is 4.48. The van der Waals surface area contributed by atoms with Crippen molar-refractivity contribution in [3.8, 4) is 0 Å². The molecule has 2 rings (SSSR count). The first-order chi connectivity index (χ1) is 9.45. The summed E-state index contributed by atoms with van der Waals surface area (Å²) in [4.78, 5) is 1.26. The number of nitrogens with one attached hydrogen (secondary N) is 1. The van der Waals surface area contributed by atoms with E-state index in [9.17, 15) is 0 Å². The summed E-state index contributed by atoms with van der Waals surface area (Å²) in [6, 6.07) is 2.61. The van der Waals surface area contributed by atoms with Crippen LogP contribution in [0.1, 0.15) is 43.4 Å². The van der Waals surface area contributed by atoms with Crippen LogP contribution in [0, 0.1) is 0 Å². The predicted molar refractivity (Wildman–Crippen MR) is 95.6 cm³/mol. The van der Waals surface area contributed by atoms with Crippen LogP contribution < -0.4 is 5.32 Å². The van der Waals surface area contributed by atoms with Crippen LogP contribution >= 0.6 is 59.1 Å². The second-order valence-corrected chi connectivity index (χ2v) is 8.79. The molecule has 0 spiro atoms. The van der Waals surface area contributed by atoms with Crippen molar-refractivity contribution in [3.05, 3.63) is 35.6 Å². The van der Waals surface area contributed by atoms with Crippen molar-refractivity contribution in [2.24, 2.45) is 0 Å². The summed E-state index contributed by atoms with van der Waals surface area (Å²) >= 11 is 12.5. The molecule has 0 bridgehead atoms. The summed E-state index contributed by atoms with van der Waals surface area (Å²) in [6.07, 6.45) is 1.87. The molecule has 2 aromatic rings. The standard InChI is InChI=1S/C13H16Br3N3S/c1-4-17-11(10-5-8(14)13(16)20-10)12-9(15)6-18-19(12)7(2)3/h5-7,11,17H,4H2,1-3H3. The molecule has 0 fully saturated rings. The predicted octanol–water partition coefficient (Wildman–Crippen LogP) is 5.51. The van der Waals surface area contributed by atoms with E-state index >= 15 is 0 Å². The molecule has 1 N–H and O–H groups in total. The lowest BCUT2D eigenvalue weighted by molar-refractivity contribution is 0.477. The Labute approximate surface area is 148 Å². The molecular weight excluding hydrogens is 470 g/mol. The molecule has 0 amide bonds. The summed E-state index contributed by atoms with van der Waals surface area (Å²) < 4.78 is 5.31. The topological polar surface area (TPSA) is 29.9 Å². The van der Waals surface area contributed by atoms with E-state index < -0.39 is 0 Å². The van der Waals surface area contributed by atoms with Gasteiger partial charge in [-0.15, -0.1) is 11.3 Å². The van der Waals surface area contributed by atoms with Crippen LogP contribution in [0.5, 0.6) is 0 Å². The average Bonchev–Trinajstić information content (AvgIpc) is 2.91. The Morgan fingerprint density at radius 2 is 2.00 bits per heavy atom. The van der Waals surface area contributed by atoms with E-state index in [1.54, 1.807) is 11.3 Å².